The van der Waals surface area contributed by atoms with Crippen LogP contribution in [0, 0.1) is 6.92 Å². The lowest BCUT2D eigenvalue weighted by Crippen LogP contribution is -2.28. The second-order valence-corrected chi connectivity index (χ2v) is 5.98. The van der Waals surface area contributed by atoms with Crippen LogP contribution in [0.1, 0.15) is 22.9 Å². The van der Waals surface area contributed by atoms with Gasteiger partial charge < -0.3 is 0 Å². The second kappa shape index (κ2) is 5.93. The van der Waals surface area contributed by atoms with E-state index in [1.54, 1.807) is 0 Å². The van der Waals surface area contributed by atoms with Crippen LogP contribution in [-0.2, 0) is 0 Å². The van der Waals surface area contributed by atoms with Crippen molar-refractivity contribution in [3.63, 3.8) is 0 Å². The number of nitrogens with two attached hydrogens (primary N) is 1. The van der Waals surface area contributed by atoms with Crippen molar-refractivity contribution in [1.82, 2.24) is 10.4 Å². The fraction of sp³-hybridized carbons (Fsp3) is 0.118. The quantitative estimate of drug-likeness (QED) is 0.561. The summed E-state index contributed by atoms with van der Waals surface area (Å²) in [6.07, 6.45) is 0. The third-order valence-corrected chi connectivity index (χ3v) is 4.03. The highest BCUT2D eigenvalue weighted by Gasteiger charge is 2.13. The van der Waals surface area contributed by atoms with E-state index in [4.69, 9.17) is 5.84 Å². The molecule has 0 amide bonds. The van der Waals surface area contributed by atoms with Gasteiger partial charge in [-0.2, -0.15) is 0 Å². The van der Waals surface area contributed by atoms with Crippen LogP contribution in [0.15, 0.2) is 59.1 Å². The largest absolute Gasteiger partial charge is 0.271 e. The molecule has 0 fully saturated rings. The number of hydrogen-bond donors (Lipinski definition) is 2. The van der Waals surface area contributed by atoms with Crippen LogP contribution in [0.4, 0.5) is 0 Å². The monoisotopic (exact) mass is 341 g/mol. The Morgan fingerprint density at radius 2 is 1.86 bits per heavy atom. The van der Waals surface area contributed by atoms with E-state index in [2.05, 4.69) is 56.7 Å². The molecule has 1 aromatic heterocycles. The van der Waals surface area contributed by atoms with Crippen molar-refractivity contribution in [3.05, 3.63) is 75.9 Å². The number of rotatable bonds is 3. The lowest BCUT2D eigenvalue weighted by molar-refractivity contribution is 0.637. The summed E-state index contributed by atoms with van der Waals surface area (Å²) in [5, 5.41) is 1.12. The normalized spacial score (nSPS) is 12.5. The van der Waals surface area contributed by atoms with E-state index in [1.165, 1.54) is 0 Å². The first kappa shape index (κ1) is 14.2. The van der Waals surface area contributed by atoms with Gasteiger partial charge >= 0.3 is 0 Å². The minimum absolute atomic E-state index is 0.0480. The summed E-state index contributed by atoms with van der Waals surface area (Å²) in [5.41, 5.74) is 7.16. The highest BCUT2D eigenvalue weighted by Crippen LogP contribution is 2.26. The number of aromatic nitrogens is 1. The Kier molecular flexibility index (Phi) is 4.01. The minimum atomic E-state index is -0.0480. The number of benzene rings is 2. The molecule has 4 heteroatoms. The zero-order valence-electron chi connectivity index (χ0n) is 11.7. The molecule has 1 heterocycles. The van der Waals surface area contributed by atoms with Crippen molar-refractivity contribution in [1.29, 1.82) is 0 Å². The fourth-order valence-electron chi connectivity index (χ4n) is 2.50. The van der Waals surface area contributed by atoms with Crippen LogP contribution < -0.4 is 11.3 Å². The smallest absolute Gasteiger partial charge is 0.0710 e. The summed E-state index contributed by atoms with van der Waals surface area (Å²) >= 11 is 3.50. The van der Waals surface area contributed by atoms with Crippen molar-refractivity contribution in [2.24, 2.45) is 5.84 Å². The lowest BCUT2D eigenvalue weighted by Gasteiger charge is -2.17. The molecular weight excluding hydrogens is 326 g/mol. The molecule has 1 unspecified atom stereocenters. The molecule has 1 atom stereocenters. The Morgan fingerprint density at radius 1 is 1.05 bits per heavy atom. The van der Waals surface area contributed by atoms with Crippen molar-refractivity contribution >= 4 is 26.8 Å². The predicted octanol–water partition coefficient (Wildman–Crippen LogP) is 3.86. The second-order valence-electron chi connectivity index (χ2n) is 5.06. The maximum absolute atomic E-state index is 5.77. The van der Waals surface area contributed by atoms with Gasteiger partial charge in [0.05, 0.1) is 11.6 Å². The van der Waals surface area contributed by atoms with E-state index in [1.807, 2.05) is 31.2 Å². The van der Waals surface area contributed by atoms with Crippen molar-refractivity contribution in [2.45, 2.75) is 13.0 Å². The summed E-state index contributed by atoms with van der Waals surface area (Å²) in [6.45, 7) is 2.00. The topological polar surface area (TPSA) is 50.9 Å². The average molecular weight is 342 g/mol. The number of aryl methyl sites for hydroxylation is 1. The molecule has 3 nitrogen and oxygen atoms in total. The molecule has 0 spiro atoms. The first-order valence-electron chi connectivity index (χ1n) is 6.76. The summed E-state index contributed by atoms with van der Waals surface area (Å²) < 4.78 is 1.04. The Morgan fingerprint density at radius 3 is 2.62 bits per heavy atom. The molecular formula is C17H16BrN3. The minimum Gasteiger partial charge on any atom is -0.271 e. The number of halogens is 1. The molecule has 0 bridgehead atoms. The Bertz CT molecular complexity index is 786. The van der Waals surface area contributed by atoms with E-state index in [9.17, 15) is 0 Å². The molecule has 2 aromatic carbocycles. The van der Waals surface area contributed by atoms with Crippen LogP contribution in [0.2, 0.25) is 0 Å². The van der Waals surface area contributed by atoms with E-state index >= 15 is 0 Å². The number of fused-ring (bicyclic) bond motifs is 1. The molecule has 0 saturated carbocycles. The Balaban J connectivity index is 2.06. The number of nitrogens with zero attached hydrogens (tertiary/aromatic N) is 1. The number of hydrazine groups is 1. The summed E-state index contributed by atoms with van der Waals surface area (Å²) in [7, 11) is 0. The Labute approximate surface area is 132 Å². The van der Waals surface area contributed by atoms with Gasteiger partial charge in [0.15, 0.2) is 0 Å². The van der Waals surface area contributed by atoms with E-state index < -0.39 is 0 Å². The van der Waals surface area contributed by atoms with Gasteiger partial charge in [-0.05, 0) is 48.4 Å². The molecule has 3 N–H and O–H groups in total. The number of nitrogens with one attached hydrogen (secondary N) is 1. The van der Waals surface area contributed by atoms with Crippen molar-refractivity contribution in [2.75, 3.05) is 0 Å². The van der Waals surface area contributed by atoms with E-state index in [-0.39, 0.29) is 6.04 Å². The standard InChI is InChI=1S/C17H16BrN3/c1-11-5-6-12-9-14(7-8-16(12)20-11)17(21-19)13-3-2-4-15(18)10-13/h2-10,17,21H,19H2,1H3. The molecule has 3 rings (SSSR count). The van der Waals surface area contributed by atoms with Crippen molar-refractivity contribution in [3.8, 4) is 0 Å². The summed E-state index contributed by atoms with van der Waals surface area (Å²) in [4.78, 5) is 4.53. The van der Waals surface area contributed by atoms with E-state index in [0.29, 0.717) is 0 Å². The van der Waals surface area contributed by atoms with Crippen LogP contribution >= 0.6 is 15.9 Å². The first-order valence-corrected chi connectivity index (χ1v) is 7.55. The molecule has 0 saturated heterocycles. The summed E-state index contributed by atoms with van der Waals surface area (Å²) in [6, 6.07) is 18.5. The zero-order valence-corrected chi connectivity index (χ0v) is 13.3. The molecule has 21 heavy (non-hydrogen) atoms. The molecule has 106 valence electrons. The predicted molar refractivity (Wildman–Crippen MR) is 89.8 cm³/mol. The van der Waals surface area contributed by atoms with Crippen LogP contribution in [-0.4, -0.2) is 4.98 Å². The maximum atomic E-state index is 5.77. The van der Waals surface area contributed by atoms with Crippen LogP contribution in [0.5, 0.6) is 0 Å². The van der Waals surface area contributed by atoms with Gasteiger partial charge in [0.2, 0.25) is 0 Å². The van der Waals surface area contributed by atoms with Crippen LogP contribution in [0.3, 0.4) is 0 Å². The molecule has 3 aromatic rings. The third-order valence-electron chi connectivity index (χ3n) is 3.53. The highest BCUT2D eigenvalue weighted by molar-refractivity contribution is 9.10. The SMILES string of the molecule is Cc1ccc2cc(C(NN)c3cccc(Br)c3)ccc2n1. The van der Waals surface area contributed by atoms with Gasteiger partial charge in [-0.15, -0.1) is 0 Å². The van der Waals surface area contributed by atoms with Gasteiger partial charge in [-0.25, -0.2) is 5.43 Å². The number of hydrogen-bond acceptors (Lipinski definition) is 3. The lowest BCUT2D eigenvalue weighted by atomic mass is 9.98. The van der Waals surface area contributed by atoms with Gasteiger partial charge in [0.25, 0.3) is 0 Å². The average Bonchev–Trinajstić information content (AvgIpc) is 2.48. The molecule has 0 aliphatic heterocycles. The molecule has 0 aliphatic rings. The fourth-order valence-corrected chi connectivity index (χ4v) is 2.91. The van der Waals surface area contributed by atoms with Crippen LogP contribution in [0.25, 0.3) is 10.9 Å². The third kappa shape index (κ3) is 2.97. The maximum Gasteiger partial charge on any atom is 0.0710 e. The number of pyridine rings is 1. The van der Waals surface area contributed by atoms with E-state index in [0.717, 1.165) is 32.2 Å². The molecule has 0 aliphatic carbocycles. The van der Waals surface area contributed by atoms with Crippen molar-refractivity contribution < 1.29 is 0 Å². The van der Waals surface area contributed by atoms with Gasteiger partial charge in [-0.1, -0.05) is 40.2 Å². The van der Waals surface area contributed by atoms with Gasteiger partial charge in [0, 0.05) is 15.6 Å². The summed E-state index contributed by atoms with van der Waals surface area (Å²) in [5.74, 6) is 5.77. The molecule has 0 radical (unpaired) electrons. The zero-order chi connectivity index (χ0) is 14.8. The van der Waals surface area contributed by atoms with Gasteiger partial charge in [0.1, 0.15) is 0 Å². The van der Waals surface area contributed by atoms with Gasteiger partial charge in [-0.3, -0.25) is 10.8 Å². The first-order chi connectivity index (χ1) is 10.2. The highest BCUT2D eigenvalue weighted by atomic mass is 79.9. The Hall–Kier alpha value is -1.75.